The lowest BCUT2D eigenvalue weighted by Gasteiger charge is -2.21. The van der Waals surface area contributed by atoms with Crippen LogP contribution in [0.2, 0.25) is 0 Å². The van der Waals surface area contributed by atoms with Gasteiger partial charge < -0.3 is 9.64 Å². The molecule has 0 atom stereocenters. The lowest BCUT2D eigenvalue weighted by atomic mass is 9.90. The molecule has 0 aliphatic rings. The third-order valence-corrected chi connectivity index (χ3v) is 2.71. The van der Waals surface area contributed by atoms with Crippen molar-refractivity contribution in [2.75, 3.05) is 33.4 Å². The van der Waals surface area contributed by atoms with Gasteiger partial charge in [0, 0.05) is 13.7 Å². The Kier molecular flexibility index (Phi) is 8.07. The molecule has 0 unspecified atom stereocenters. The molecule has 0 N–H and O–H groups in total. The van der Waals surface area contributed by atoms with Crippen molar-refractivity contribution in [1.29, 1.82) is 0 Å². The fraction of sp³-hybridized carbons (Fsp3) is 1.00. The Morgan fingerprint density at radius 2 is 1.73 bits per heavy atom. The average molecular weight is 215 g/mol. The zero-order valence-corrected chi connectivity index (χ0v) is 11.3. The van der Waals surface area contributed by atoms with Gasteiger partial charge in [-0.1, -0.05) is 34.1 Å². The van der Waals surface area contributed by atoms with E-state index in [2.05, 4.69) is 32.6 Å². The summed E-state index contributed by atoms with van der Waals surface area (Å²) in [6.07, 6.45) is 3.98. The number of nitrogens with zero attached hydrogens (tertiary/aromatic N) is 1. The Hall–Kier alpha value is -0.0800. The summed E-state index contributed by atoms with van der Waals surface area (Å²) in [5, 5.41) is 0. The average Bonchev–Trinajstić information content (AvgIpc) is 2.15. The van der Waals surface area contributed by atoms with Gasteiger partial charge in [-0.3, -0.25) is 0 Å². The maximum Gasteiger partial charge on any atom is 0.0589 e. The number of likely N-dealkylation sites (N-methyl/N-ethyl adjacent to an activating group) is 1. The fourth-order valence-electron chi connectivity index (χ4n) is 1.64. The molecule has 2 nitrogen and oxygen atoms in total. The Morgan fingerprint density at radius 1 is 1.07 bits per heavy atom. The van der Waals surface area contributed by atoms with E-state index in [0.29, 0.717) is 5.41 Å². The predicted molar refractivity (Wildman–Crippen MR) is 67.3 cm³/mol. The van der Waals surface area contributed by atoms with Crippen molar-refractivity contribution in [3.63, 3.8) is 0 Å². The van der Waals surface area contributed by atoms with Crippen LogP contribution in [0.1, 0.15) is 47.0 Å². The van der Waals surface area contributed by atoms with Gasteiger partial charge in [0.1, 0.15) is 0 Å². The second-order valence-electron chi connectivity index (χ2n) is 5.44. The molecule has 0 aromatic heterocycles. The molecule has 2 heteroatoms. The number of hydrogen-bond donors (Lipinski definition) is 0. The molecule has 0 saturated heterocycles. The van der Waals surface area contributed by atoms with Gasteiger partial charge in [-0.05, 0) is 31.3 Å². The molecule has 0 amide bonds. The number of methoxy groups -OCH3 is 1. The van der Waals surface area contributed by atoms with Crippen molar-refractivity contribution in [2.24, 2.45) is 5.41 Å². The van der Waals surface area contributed by atoms with Crippen molar-refractivity contribution in [1.82, 2.24) is 4.90 Å². The van der Waals surface area contributed by atoms with Gasteiger partial charge in [0.15, 0.2) is 0 Å². The molecular weight excluding hydrogens is 186 g/mol. The van der Waals surface area contributed by atoms with E-state index in [1.54, 1.807) is 7.11 Å². The van der Waals surface area contributed by atoms with E-state index in [1.165, 1.54) is 25.8 Å². The van der Waals surface area contributed by atoms with E-state index >= 15 is 0 Å². The minimum Gasteiger partial charge on any atom is -0.383 e. The first kappa shape index (κ1) is 14.9. The monoisotopic (exact) mass is 215 g/mol. The molecule has 0 spiro atoms. The van der Waals surface area contributed by atoms with Gasteiger partial charge in [0.2, 0.25) is 0 Å². The highest BCUT2D eigenvalue weighted by Crippen LogP contribution is 2.21. The summed E-state index contributed by atoms with van der Waals surface area (Å²) in [4.78, 5) is 2.46. The number of rotatable bonds is 8. The van der Waals surface area contributed by atoms with Crippen LogP contribution in [0.25, 0.3) is 0 Å². The maximum absolute atomic E-state index is 5.09. The van der Waals surface area contributed by atoms with Crippen LogP contribution in [0.3, 0.4) is 0 Å². The van der Waals surface area contributed by atoms with Gasteiger partial charge in [0.25, 0.3) is 0 Å². The van der Waals surface area contributed by atoms with Crippen LogP contribution < -0.4 is 0 Å². The molecule has 0 saturated carbocycles. The Morgan fingerprint density at radius 3 is 2.20 bits per heavy atom. The molecule has 0 aromatic rings. The van der Waals surface area contributed by atoms with Crippen LogP contribution in [0, 0.1) is 5.41 Å². The smallest absolute Gasteiger partial charge is 0.0589 e. The van der Waals surface area contributed by atoms with Crippen molar-refractivity contribution < 1.29 is 4.74 Å². The van der Waals surface area contributed by atoms with Crippen molar-refractivity contribution in [3.05, 3.63) is 0 Å². The highest BCUT2D eigenvalue weighted by atomic mass is 16.5. The summed E-state index contributed by atoms with van der Waals surface area (Å²) in [6.45, 7) is 13.4. The molecule has 0 radical (unpaired) electrons. The summed E-state index contributed by atoms with van der Waals surface area (Å²) >= 11 is 0. The van der Waals surface area contributed by atoms with Gasteiger partial charge in [-0.15, -0.1) is 0 Å². The molecule has 0 aromatic carbocycles. The molecule has 0 fully saturated rings. The topological polar surface area (TPSA) is 12.5 Å². The van der Waals surface area contributed by atoms with Crippen LogP contribution in [-0.2, 0) is 4.74 Å². The van der Waals surface area contributed by atoms with Gasteiger partial charge in [-0.2, -0.15) is 0 Å². The first-order valence-electron chi connectivity index (χ1n) is 6.21. The summed E-state index contributed by atoms with van der Waals surface area (Å²) in [5.74, 6) is 0. The van der Waals surface area contributed by atoms with Gasteiger partial charge >= 0.3 is 0 Å². The van der Waals surface area contributed by atoms with Crippen LogP contribution in [0.15, 0.2) is 0 Å². The second kappa shape index (κ2) is 8.12. The molecule has 92 valence electrons. The largest absolute Gasteiger partial charge is 0.383 e. The van der Waals surface area contributed by atoms with Gasteiger partial charge in [-0.25, -0.2) is 0 Å². The summed E-state index contributed by atoms with van der Waals surface area (Å²) < 4.78 is 5.09. The molecule has 0 rings (SSSR count). The van der Waals surface area contributed by atoms with E-state index in [9.17, 15) is 0 Å². The first-order chi connectivity index (χ1) is 6.99. The normalized spacial score (nSPS) is 12.4. The summed E-state index contributed by atoms with van der Waals surface area (Å²) in [6, 6.07) is 0. The third kappa shape index (κ3) is 10.2. The highest BCUT2D eigenvalue weighted by molar-refractivity contribution is 4.62. The first-order valence-corrected chi connectivity index (χ1v) is 6.21. The molecule has 0 aliphatic heterocycles. The molecular formula is C13H29NO. The zero-order chi connectivity index (χ0) is 11.7. The Balaban J connectivity index is 3.46. The van der Waals surface area contributed by atoms with Crippen LogP contribution >= 0.6 is 0 Å². The van der Waals surface area contributed by atoms with Crippen molar-refractivity contribution in [3.8, 4) is 0 Å². The fourth-order valence-corrected chi connectivity index (χ4v) is 1.64. The molecule has 0 aliphatic carbocycles. The molecule has 0 heterocycles. The van der Waals surface area contributed by atoms with Crippen LogP contribution in [-0.4, -0.2) is 38.3 Å². The highest BCUT2D eigenvalue weighted by Gasteiger charge is 2.09. The number of hydrogen-bond acceptors (Lipinski definition) is 2. The van der Waals surface area contributed by atoms with Gasteiger partial charge in [0.05, 0.1) is 6.61 Å². The lowest BCUT2D eigenvalue weighted by molar-refractivity contribution is 0.149. The third-order valence-electron chi connectivity index (χ3n) is 2.71. The van der Waals surface area contributed by atoms with E-state index in [0.717, 1.165) is 19.7 Å². The summed E-state index contributed by atoms with van der Waals surface area (Å²) in [5.41, 5.74) is 0.490. The maximum atomic E-state index is 5.09. The van der Waals surface area contributed by atoms with E-state index in [-0.39, 0.29) is 0 Å². The predicted octanol–water partition coefficient (Wildman–Crippen LogP) is 3.17. The van der Waals surface area contributed by atoms with Crippen molar-refractivity contribution >= 4 is 0 Å². The Labute approximate surface area is 96.0 Å². The van der Waals surface area contributed by atoms with E-state index in [4.69, 9.17) is 4.74 Å². The Bertz CT molecular complexity index is 140. The number of unbranched alkanes of at least 4 members (excludes halogenated alkanes) is 1. The molecule has 0 bridgehead atoms. The standard InChI is InChI=1S/C13H29NO/c1-6-14(11-12-15-5)10-8-7-9-13(2,3)4/h6-12H2,1-5H3. The van der Waals surface area contributed by atoms with Crippen LogP contribution in [0.5, 0.6) is 0 Å². The number of ether oxygens (including phenoxy) is 1. The van der Waals surface area contributed by atoms with E-state index in [1.807, 2.05) is 0 Å². The summed E-state index contributed by atoms with van der Waals surface area (Å²) in [7, 11) is 1.77. The SMILES string of the molecule is CCN(CCCCC(C)(C)C)CCOC. The minimum atomic E-state index is 0.490. The van der Waals surface area contributed by atoms with Crippen molar-refractivity contribution in [2.45, 2.75) is 47.0 Å². The van der Waals surface area contributed by atoms with E-state index < -0.39 is 0 Å². The minimum absolute atomic E-state index is 0.490. The lowest BCUT2D eigenvalue weighted by Crippen LogP contribution is -2.28. The quantitative estimate of drug-likeness (QED) is 0.577. The zero-order valence-electron chi connectivity index (χ0n) is 11.3. The molecule has 15 heavy (non-hydrogen) atoms. The second-order valence-corrected chi connectivity index (χ2v) is 5.44. The van der Waals surface area contributed by atoms with Crippen LogP contribution in [0.4, 0.5) is 0 Å².